The number of carboxylic acids is 1. The van der Waals surface area contributed by atoms with E-state index in [9.17, 15) is 9.59 Å². The SMILES string of the molecule is CC(NC(=O)N(C)Cc1cccnc1)C(=O)O. The van der Waals surface area contributed by atoms with Crippen LogP contribution in [0.25, 0.3) is 0 Å². The van der Waals surface area contributed by atoms with Crippen molar-refractivity contribution in [2.24, 2.45) is 0 Å². The first-order valence-electron chi connectivity index (χ1n) is 5.14. The summed E-state index contributed by atoms with van der Waals surface area (Å²) >= 11 is 0. The monoisotopic (exact) mass is 237 g/mol. The molecule has 0 saturated carbocycles. The molecule has 1 aromatic heterocycles. The highest BCUT2D eigenvalue weighted by atomic mass is 16.4. The first-order valence-corrected chi connectivity index (χ1v) is 5.14. The van der Waals surface area contributed by atoms with Gasteiger partial charge >= 0.3 is 12.0 Å². The van der Waals surface area contributed by atoms with E-state index >= 15 is 0 Å². The van der Waals surface area contributed by atoms with Crippen molar-refractivity contribution in [3.63, 3.8) is 0 Å². The van der Waals surface area contributed by atoms with E-state index in [-0.39, 0.29) is 0 Å². The van der Waals surface area contributed by atoms with Gasteiger partial charge in [-0.1, -0.05) is 6.07 Å². The third-order valence-corrected chi connectivity index (χ3v) is 2.20. The van der Waals surface area contributed by atoms with Gasteiger partial charge in [0.25, 0.3) is 0 Å². The molecule has 0 aliphatic carbocycles. The highest BCUT2D eigenvalue weighted by Crippen LogP contribution is 2.01. The van der Waals surface area contributed by atoms with E-state index in [1.165, 1.54) is 11.8 Å². The Labute approximate surface area is 99.3 Å². The molecule has 1 unspecified atom stereocenters. The van der Waals surface area contributed by atoms with E-state index in [1.54, 1.807) is 25.5 Å². The second-order valence-electron chi connectivity index (χ2n) is 3.73. The molecule has 1 aromatic rings. The van der Waals surface area contributed by atoms with Crippen LogP contribution in [0.4, 0.5) is 4.79 Å². The summed E-state index contributed by atoms with van der Waals surface area (Å²) in [5.74, 6) is -1.06. The average molecular weight is 237 g/mol. The fraction of sp³-hybridized carbons (Fsp3) is 0.364. The van der Waals surface area contributed by atoms with Gasteiger partial charge in [0.15, 0.2) is 0 Å². The molecule has 17 heavy (non-hydrogen) atoms. The van der Waals surface area contributed by atoms with Crippen molar-refractivity contribution < 1.29 is 14.7 Å². The topological polar surface area (TPSA) is 82.5 Å². The second-order valence-corrected chi connectivity index (χ2v) is 3.73. The Morgan fingerprint density at radius 1 is 1.59 bits per heavy atom. The van der Waals surface area contributed by atoms with Gasteiger partial charge in [0.1, 0.15) is 6.04 Å². The number of carboxylic acid groups (broad SMARTS) is 1. The predicted octanol–water partition coefficient (Wildman–Crippen LogP) is 0.696. The molecule has 2 amide bonds. The van der Waals surface area contributed by atoms with Crippen LogP contribution >= 0.6 is 0 Å². The molecule has 0 aliphatic heterocycles. The molecule has 6 nitrogen and oxygen atoms in total. The Morgan fingerprint density at radius 3 is 2.82 bits per heavy atom. The van der Waals surface area contributed by atoms with Gasteiger partial charge in [-0.15, -0.1) is 0 Å². The molecule has 0 radical (unpaired) electrons. The Kier molecular flexibility index (Phi) is 4.45. The summed E-state index contributed by atoms with van der Waals surface area (Å²) in [6.07, 6.45) is 3.31. The fourth-order valence-electron chi connectivity index (χ4n) is 1.19. The molecule has 1 heterocycles. The standard InChI is InChI=1S/C11H15N3O3/c1-8(10(15)16)13-11(17)14(2)7-9-4-3-5-12-6-9/h3-6,8H,7H2,1-2H3,(H,13,17)(H,15,16). The highest BCUT2D eigenvalue weighted by molar-refractivity contribution is 5.82. The van der Waals surface area contributed by atoms with E-state index < -0.39 is 18.0 Å². The number of amides is 2. The largest absolute Gasteiger partial charge is 0.480 e. The number of carbonyl (C=O) groups is 2. The van der Waals surface area contributed by atoms with Crippen LogP contribution in [-0.4, -0.2) is 40.1 Å². The van der Waals surface area contributed by atoms with Gasteiger partial charge < -0.3 is 15.3 Å². The molecular formula is C11H15N3O3. The van der Waals surface area contributed by atoms with Crippen molar-refractivity contribution in [1.82, 2.24) is 15.2 Å². The molecule has 2 N–H and O–H groups in total. The van der Waals surface area contributed by atoms with Crippen LogP contribution < -0.4 is 5.32 Å². The molecule has 1 rings (SSSR count). The van der Waals surface area contributed by atoms with Crippen LogP contribution in [0.3, 0.4) is 0 Å². The van der Waals surface area contributed by atoms with Crippen molar-refractivity contribution in [3.8, 4) is 0 Å². The summed E-state index contributed by atoms with van der Waals surface area (Å²) in [6.45, 7) is 1.80. The van der Waals surface area contributed by atoms with Gasteiger partial charge in [-0.2, -0.15) is 0 Å². The number of aliphatic carboxylic acids is 1. The summed E-state index contributed by atoms with van der Waals surface area (Å²) < 4.78 is 0. The van der Waals surface area contributed by atoms with Crippen molar-refractivity contribution >= 4 is 12.0 Å². The average Bonchev–Trinajstić information content (AvgIpc) is 2.29. The van der Waals surface area contributed by atoms with E-state index in [2.05, 4.69) is 10.3 Å². The number of rotatable bonds is 4. The van der Waals surface area contributed by atoms with Gasteiger partial charge in [0.2, 0.25) is 0 Å². The van der Waals surface area contributed by atoms with Crippen molar-refractivity contribution in [2.45, 2.75) is 19.5 Å². The molecule has 92 valence electrons. The highest BCUT2D eigenvalue weighted by Gasteiger charge is 2.16. The van der Waals surface area contributed by atoms with Gasteiger partial charge in [-0.3, -0.25) is 9.78 Å². The van der Waals surface area contributed by atoms with Gasteiger partial charge in [-0.05, 0) is 18.6 Å². The zero-order valence-corrected chi connectivity index (χ0v) is 9.75. The molecular weight excluding hydrogens is 222 g/mol. The van der Waals surface area contributed by atoms with E-state index in [0.717, 1.165) is 5.56 Å². The molecule has 6 heteroatoms. The third-order valence-electron chi connectivity index (χ3n) is 2.20. The van der Waals surface area contributed by atoms with Crippen molar-refractivity contribution in [1.29, 1.82) is 0 Å². The Morgan fingerprint density at radius 2 is 2.29 bits per heavy atom. The number of carbonyl (C=O) groups excluding carboxylic acids is 1. The predicted molar refractivity (Wildman–Crippen MR) is 61.3 cm³/mol. The number of nitrogens with one attached hydrogen (secondary N) is 1. The summed E-state index contributed by atoms with van der Waals surface area (Å²) in [6, 6.07) is 2.29. The lowest BCUT2D eigenvalue weighted by atomic mass is 10.3. The van der Waals surface area contributed by atoms with Crippen molar-refractivity contribution in [2.75, 3.05) is 7.05 Å². The fourth-order valence-corrected chi connectivity index (χ4v) is 1.19. The first kappa shape index (κ1) is 13.0. The van der Waals surface area contributed by atoms with Gasteiger partial charge in [0, 0.05) is 26.0 Å². The minimum Gasteiger partial charge on any atom is -0.480 e. The van der Waals surface area contributed by atoms with Gasteiger partial charge in [0.05, 0.1) is 0 Å². The van der Waals surface area contributed by atoms with Crippen LogP contribution in [0.15, 0.2) is 24.5 Å². The summed E-state index contributed by atoms with van der Waals surface area (Å²) in [7, 11) is 1.59. The number of aromatic nitrogens is 1. The minimum atomic E-state index is -1.06. The number of hydrogen-bond donors (Lipinski definition) is 2. The quantitative estimate of drug-likeness (QED) is 0.807. The number of hydrogen-bond acceptors (Lipinski definition) is 3. The summed E-state index contributed by atoms with van der Waals surface area (Å²) in [5, 5.41) is 11.0. The van der Waals surface area contributed by atoms with E-state index in [0.29, 0.717) is 6.54 Å². The molecule has 0 saturated heterocycles. The third kappa shape index (κ3) is 4.10. The molecule has 0 aliphatic rings. The maximum atomic E-state index is 11.6. The molecule has 0 bridgehead atoms. The van der Waals surface area contributed by atoms with Crippen LogP contribution in [0.2, 0.25) is 0 Å². The molecule has 1 atom stereocenters. The number of pyridine rings is 1. The second kappa shape index (κ2) is 5.83. The summed E-state index contributed by atoms with van der Waals surface area (Å²) in [4.78, 5) is 27.5. The molecule has 0 fully saturated rings. The first-order chi connectivity index (χ1) is 8.00. The van der Waals surface area contributed by atoms with Gasteiger partial charge in [-0.25, -0.2) is 4.79 Å². The molecule has 0 spiro atoms. The smallest absolute Gasteiger partial charge is 0.325 e. The van der Waals surface area contributed by atoms with Crippen molar-refractivity contribution in [3.05, 3.63) is 30.1 Å². The summed E-state index contributed by atoms with van der Waals surface area (Å²) in [5.41, 5.74) is 0.883. The molecule has 0 aromatic carbocycles. The van der Waals surface area contributed by atoms with E-state index in [4.69, 9.17) is 5.11 Å². The zero-order chi connectivity index (χ0) is 12.8. The number of nitrogens with zero attached hydrogens (tertiary/aromatic N) is 2. The lowest BCUT2D eigenvalue weighted by Gasteiger charge is -2.19. The zero-order valence-electron chi connectivity index (χ0n) is 9.75. The van der Waals surface area contributed by atoms with Crippen LogP contribution in [-0.2, 0) is 11.3 Å². The Bertz CT molecular complexity index is 394. The Balaban J connectivity index is 2.50. The Hall–Kier alpha value is -2.11. The maximum Gasteiger partial charge on any atom is 0.325 e. The van der Waals surface area contributed by atoms with E-state index in [1.807, 2.05) is 6.07 Å². The normalized spacial score (nSPS) is 11.6. The van der Waals surface area contributed by atoms with Crippen LogP contribution in [0, 0.1) is 0 Å². The minimum absolute atomic E-state index is 0.381. The van der Waals surface area contributed by atoms with Crippen LogP contribution in [0.1, 0.15) is 12.5 Å². The lowest BCUT2D eigenvalue weighted by Crippen LogP contribution is -2.44. The maximum absolute atomic E-state index is 11.6. The number of urea groups is 1. The van der Waals surface area contributed by atoms with Crippen LogP contribution in [0.5, 0.6) is 0 Å². The lowest BCUT2D eigenvalue weighted by molar-refractivity contribution is -0.138.